The lowest BCUT2D eigenvalue weighted by Gasteiger charge is -2.03. The van der Waals surface area contributed by atoms with E-state index >= 15 is 0 Å². The molecule has 0 saturated carbocycles. The van der Waals surface area contributed by atoms with Gasteiger partial charge in [-0.25, -0.2) is 9.37 Å². The molecule has 0 bridgehead atoms. The Labute approximate surface area is 172 Å². The van der Waals surface area contributed by atoms with Crippen molar-refractivity contribution in [3.63, 3.8) is 0 Å². The standard InChI is InChI=1S/C18H9Cl2FN4O2S/c19-13-3-1-10(5-14(13)20)16-9-28-18(24-16)11(7-22)8-23-15-4-2-12(21)6-17(15)25(26)27/h1-6,8-9,23H/b11-8+. The fraction of sp³-hybridized carbons (Fsp3) is 0. The van der Waals surface area contributed by atoms with Crippen LogP contribution in [-0.2, 0) is 0 Å². The van der Waals surface area contributed by atoms with Crippen LogP contribution in [-0.4, -0.2) is 9.91 Å². The number of hydrogen-bond acceptors (Lipinski definition) is 6. The maximum absolute atomic E-state index is 13.2. The number of nitriles is 1. The molecule has 0 amide bonds. The van der Waals surface area contributed by atoms with Gasteiger partial charge in [0.1, 0.15) is 28.2 Å². The van der Waals surface area contributed by atoms with Gasteiger partial charge in [0.05, 0.1) is 26.7 Å². The number of rotatable bonds is 5. The average Bonchev–Trinajstić information content (AvgIpc) is 3.15. The van der Waals surface area contributed by atoms with Crippen LogP contribution in [0.4, 0.5) is 15.8 Å². The van der Waals surface area contributed by atoms with Crippen LogP contribution >= 0.6 is 34.5 Å². The van der Waals surface area contributed by atoms with Crippen molar-refractivity contribution in [2.75, 3.05) is 5.32 Å². The van der Waals surface area contributed by atoms with E-state index in [-0.39, 0.29) is 11.3 Å². The molecule has 1 heterocycles. The molecular formula is C18H9Cl2FN4O2S. The second-order valence-corrected chi connectivity index (χ2v) is 7.07. The Morgan fingerprint density at radius 2 is 2.07 bits per heavy atom. The number of nitro benzene ring substituents is 1. The smallest absolute Gasteiger partial charge is 0.295 e. The third-order valence-electron chi connectivity index (χ3n) is 3.60. The number of thiazole rings is 1. The van der Waals surface area contributed by atoms with E-state index in [1.54, 1.807) is 23.6 Å². The Morgan fingerprint density at radius 1 is 1.29 bits per heavy atom. The number of nitrogens with one attached hydrogen (secondary N) is 1. The zero-order chi connectivity index (χ0) is 20.3. The molecule has 6 nitrogen and oxygen atoms in total. The van der Waals surface area contributed by atoms with Gasteiger partial charge in [-0.05, 0) is 24.3 Å². The SMILES string of the molecule is N#C/C(=C\Nc1ccc(F)cc1[N+](=O)[O-])c1nc(-c2ccc(Cl)c(Cl)c2)cs1. The van der Waals surface area contributed by atoms with E-state index in [1.165, 1.54) is 23.6 Å². The van der Waals surface area contributed by atoms with E-state index < -0.39 is 16.4 Å². The lowest BCUT2D eigenvalue weighted by atomic mass is 10.2. The molecule has 0 atom stereocenters. The molecule has 140 valence electrons. The lowest BCUT2D eigenvalue weighted by molar-refractivity contribution is -0.384. The number of nitrogens with zero attached hydrogens (tertiary/aromatic N) is 3. The first kappa shape index (κ1) is 19.8. The number of hydrogen-bond donors (Lipinski definition) is 1. The summed E-state index contributed by atoms with van der Waals surface area (Å²) in [6, 6.07) is 10.2. The van der Waals surface area contributed by atoms with E-state index in [2.05, 4.69) is 10.3 Å². The third-order valence-corrected chi connectivity index (χ3v) is 5.21. The summed E-state index contributed by atoms with van der Waals surface area (Å²) in [6.45, 7) is 0. The molecule has 0 fully saturated rings. The number of nitro groups is 1. The molecule has 28 heavy (non-hydrogen) atoms. The normalized spacial score (nSPS) is 11.1. The van der Waals surface area contributed by atoms with Crippen LogP contribution in [0.2, 0.25) is 10.0 Å². The van der Waals surface area contributed by atoms with Crippen molar-refractivity contribution in [3.05, 3.63) is 79.0 Å². The van der Waals surface area contributed by atoms with Crippen LogP contribution in [0.5, 0.6) is 0 Å². The molecule has 3 rings (SSSR count). The van der Waals surface area contributed by atoms with Crippen molar-refractivity contribution in [2.45, 2.75) is 0 Å². The van der Waals surface area contributed by atoms with Gasteiger partial charge in [0.25, 0.3) is 5.69 Å². The monoisotopic (exact) mass is 434 g/mol. The fourth-order valence-corrected chi connectivity index (χ4v) is 3.35. The number of halogens is 3. The predicted molar refractivity (Wildman–Crippen MR) is 108 cm³/mol. The highest BCUT2D eigenvalue weighted by Gasteiger charge is 2.15. The number of anilines is 1. The predicted octanol–water partition coefficient (Wildman–Crippen LogP) is 6.14. The largest absolute Gasteiger partial charge is 0.355 e. The summed E-state index contributed by atoms with van der Waals surface area (Å²) in [5.74, 6) is -0.729. The van der Waals surface area contributed by atoms with Gasteiger partial charge in [-0.3, -0.25) is 10.1 Å². The van der Waals surface area contributed by atoms with Gasteiger partial charge in [-0.15, -0.1) is 11.3 Å². The summed E-state index contributed by atoms with van der Waals surface area (Å²) in [5.41, 5.74) is 1.11. The highest BCUT2D eigenvalue weighted by molar-refractivity contribution is 7.11. The van der Waals surface area contributed by atoms with Crippen LogP contribution < -0.4 is 5.32 Å². The number of aromatic nitrogens is 1. The second kappa shape index (κ2) is 8.35. The minimum Gasteiger partial charge on any atom is -0.355 e. The van der Waals surface area contributed by atoms with Crippen LogP contribution in [0.15, 0.2) is 48.0 Å². The zero-order valence-corrected chi connectivity index (χ0v) is 16.1. The van der Waals surface area contributed by atoms with E-state index in [0.29, 0.717) is 20.7 Å². The lowest BCUT2D eigenvalue weighted by Crippen LogP contribution is -1.97. The van der Waals surface area contributed by atoms with E-state index in [4.69, 9.17) is 23.2 Å². The summed E-state index contributed by atoms with van der Waals surface area (Å²) in [5, 5.41) is 26.1. The van der Waals surface area contributed by atoms with E-state index in [1.807, 2.05) is 6.07 Å². The molecular weight excluding hydrogens is 426 g/mol. The Morgan fingerprint density at radius 3 is 2.75 bits per heavy atom. The van der Waals surface area contributed by atoms with Gasteiger partial charge in [0.2, 0.25) is 0 Å². The first-order chi connectivity index (χ1) is 13.4. The van der Waals surface area contributed by atoms with Crippen molar-refractivity contribution >= 4 is 51.5 Å². The van der Waals surface area contributed by atoms with Crippen molar-refractivity contribution in [2.24, 2.45) is 0 Å². The summed E-state index contributed by atoms with van der Waals surface area (Å²) in [6.07, 6.45) is 1.29. The number of allylic oxidation sites excluding steroid dienone is 1. The summed E-state index contributed by atoms with van der Waals surface area (Å²) in [4.78, 5) is 14.7. The molecule has 0 unspecified atom stereocenters. The Kier molecular flexibility index (Phi) is 5.90. The average molecular weight is 435 g/mol. The number of benzene rings is 2. The first-order valence-corrected chi connectivity index (χ1v) is 9.24. The zero-order valence-electron chi connectivity index (χ0n) is 13.8. The Bertz CT molecular complexity index is 1140. The third kappa shape index (κ3) is 4.28. The molecule has 0 aliphatic carbocycles. The maximum atomic E-state index is 13.2. The second-order valence-electron chi connectivity index (χ2n) is 5.40. The van der Waals surface area contributed by atoms with Crippen LogP contribution in [0.3, 0.4) is 0 Å². The van der Waals surface area contributed by atoms with Gasteiger partial charge in [-0.1, -0.05) is 29.3 Å². The minimum atomic E-state index is -0.729. The van der Waals surface area contributed by atoms with Gasteiger partial charge < -0.3 is 5.32 Å². The highest BCUT2D eigenvalue weighted by Crippen LogP contribution is 2.31. The van der Waals surface area contributed by atoms with Crippen molar-refractivity contribution in [3.8, 4) is 17.3 Å². The van der Waals surface area contributed by atoms with Crippen LogP contribution in [0, 0.1) is 27.3 Å². The quantitative estimate of drug-likeness (QED) is 0.295. The molecule has 0 aliphatic heterocycles. The fourth-order valence-electron chi connectivity index (χ4n) is 2.26. The molecule has 0 saturated heterocycles. The maximum Gasteiger partial charge on any atom is 0.295 e. The topological polar surface area (TPSA) is 91.8 Å². The Balaban J connectivity index is 1.89. The van der Waals surface area contributed by atoms with Gasteiger partial charge >= 0.3 is 0 Å². The summed E-state index contributed by atoms with van der Waals surface area (Å²) < 4.78 is 13.2. The molecule has 3 aromatic rings. The van der Waals surface area contributed by atoms with Crippen molar-refractivity contribution in [1.29, 1.82) is 5.26 Å². The molecule has 10 heteroatoms. The highest BCUT2D eigenvalue weighted by atomic mass is 35.5. The van der Waals surface area contributed by atoms with E-state index in [9.17, 15) is 19.8 Å². The van der Waals surface area contributed by atoms with Gasteiger partial charge in [0, 0.05) is 17.1 Å². The van der Waals surface area contributed by atoms with E-state index in [0.717, 1.165) is 17.7 Å². The molecule has 0 radical (unpaired) electrons. The van der Waals surface area contributed by atoms with Gasteiger partial charge in [-0.2, -0.15) is 5.26 Å². The first-order valence-electron chi connectivity index (χ1n) is 7.61. The minimum absolute atomic E-state index is 0.0559. The van der Waals surface area contributed by atoms with Crippen molar-refractivity contribution < 1.29 is 9.31 Å². The Hall–Kier alpha value is -2.99. The molecule has 0 spiro atoms. The molecule has 1 N–H and O–H groups in total. The van der Waals surface area contributed by atoms with Crippen molar-refractivity contribution in [1.82, 2.24) is 4.98 Å². The molecule has 0 aliphatic rings. The molecule has 1 aromatic heterocycles. The van der Waals surface area contributed by atoms with Gasteiger partial charge in [0.15, 0.2) is 0 Å². The van der Waals surface area contributed by atoms with Crippen LogP contribution in [0.1, 0.15) is 5.01 Å². The van der Waals surface area contributed by atoms with Crippen LogP contribution in [0.25, 0.3) is 16.8 Å². The summed E-state index contributed by atoms with van der Waals surface area (Å²) >= 11 is 13.1. The summed E-state index contributed by atoms with van der Waals surface area (Å²) in [7, 11) is 0. The molecule has 2 aromatic carbocycles.